The van der Waals surface area contributed by atoms with Gasteiger partial charge in [-0.1, -0.05) is 30.0 Å². The third kappa shape index (κ3) is 2.16. The van der Waals surface area contributed by atoms with Gasteiger partial charge in [-0.05, 0) is 5.75 Å². The fourth-order valence-electron chi connectivity index (χ4n) is 1.09. The van der Waals surface area contributed by atoms with Crippen LogP contribution in [0.5, 0.6) is 0 Å². The second kappa shape index (κ2) is 4.51. The van der Waals surface area contributed by atoms with E-state index in [1.54, 1.807) is 11.8 Å². The Labute approximate surface area is 99.3 Å². The zero-order valence-electron chi connectivity index (χ0n) is 7.94. The highest BCUT2D eigenvalue weighted by Crippen LogP contribution is 2.22. The molecular formula is C8H8ClN3OS2. The number of aromatic nitrogens is 3. The molecule has 0 saturated heterocycles. The summed E-state index contributed by atoms with van der Waals surface area (Å²) in [5.41, 5.74) is 0.424. The Kier molecular flexibility index (Phi) is 3.28. The first kappa shape index (κ1) is 10.9. The van der Waals surface area contributed by atoms with Crippen molar-refractivity contribution >= 4 is 39.7 Å². The lowest BCUT2D eigenvalue weighted by atomic mass is 10.5. The minimum atomic E-state index is -0.171. The minimum absolute atomic E-state index is 0.171. The fourth-order valence-corrected chi connectivity index (χ4v) is 3.08. The number of thioether (sulfide) groups is 1. The second-order valence-electron chi connectivity index (χ2n) is 2.71. The van der Waals surface area contributed by atoms with Crippen LogP contribution in [0.1, 0.15) is 12.6 Å². The maximum atomic E-state index is 11.6. The standard InChI is InChI=1S/C8H8ClN3OS2/c1-2-14-8-11-12-6(13)3-5(4-9)10-7(12)15-8/h3H,2,4H2,1H3. The van der Waals surface area contributed by atoms with Crippen molar-refractivity contribution in [1.82, 2.24) is 14.6 Å². The number of nitrogens with zero attached hydrogens (tertiary/aromatic N) is 3. The molecule has 0 bridgehead atoms. The van der Waals surface area contributed by atoms with Gasteiger partial charge in [-0.25, -0.2) is 4.98 Å². The molecule has 0 radical (unpaired) electrons. The number of halogens is 1. The third-order valence-corrected chi connectivity index (χ3v) is 3.88. The molecule has 2 rings (SSSR count). The number of rotatable bonds is 3. The summed E-state index contributed by atoms with van der Waals surface area (Å²) in [4.78, 5) is 16.4. The van der Waals surface area contributed by atoms with Crippen molar-refractivity contribution in [3.8, 4) is 0 Å². The monoisotopic (exact) mass is 261 g/mol. The second-order valence-corrected chi connectivity index (χ2v) is 5.45. The topological polar surface area (TPSA) is 47.3 Å². The van der Waals surface area contributed by atoms with E-state index in [0.29, 0.717) is 10.7 Å². The minimum Gasteiger partial charge on any atom is -0.267 e. The molecule has 0 atom stereocenters. The van der Waals surface area contributed by atoms with E-state index < -0.39 is 0 Å². The summed E-state index contributed by atoms with van der Waals surface area (Å²) in [7, 11) is 0. The zero-order chi connectivity index (χ0) is 10.8. The van der Waals surface area contributed by atoms with Crippen molar-refractivity contribution in [3.05, 3.63) is 22.1 Å². The highest BCUT2D eigenvalue weighted by atomic mass is 35.5. The van der Waals surface area contributed by atoms with Crippen LogP contribution in [-0.4, -0.2) is 20.4 Å². The van der Waals surface area contributed by atoms with Crippen molar-refractivity contribution in [1.29, 1.82) is 0 Å². The summed E-state index contributed by atoms with van der Waals surface area (Å²) in [5.74, 6) is 1.18. The van der Waals surface area contributed by atoms with Crippen LogP contribution in [0.2, 0.25) is 0 Å². The van der Waals surface area contributed by atoms with Crippen molar-refractivity contribution in [2.45, 2.75) is 17.1 Å². The van der Waals surface area contributed by atoms with Gasteiger partial charge < -0.3 is 0 Å². The first-order chi connectivity index (χ1) is 7.24. The molecule has 0 aliphatic rings. The Hall–Kier alpha value is -0.590. The highest BCUT2D eigenvalue weighted by molar-refractivity contribution is 8.01. The van der Waals surface area contributed by atoms with Gasteiger partial charge in [0.1, 0.15) is 0 Å². The third-order valence-electron chi connectivity index (χ3n) is 1.68. The van der Waals surface area contributed by atoms with Gasteiger partial charge in [0.05, 0.1) is 11.6 Å². The molecule has 0 aliphatic carbocycles. The summed E-state index contributed by atoms with van der Waals surface area (Å²) >= 11 is 8.64. The van der Waals surface area contributed by atoms with Crippen molar-refractivity contribution in [2.24, 2.45) is 0 Å². The van der Waals surface area contributed by atoms with E-state index in [1.165, 1.54) is 21.9 Å². The van der Waals surface area contributed by atoms with Crippen LogP contribution < -0.4 is 5.56 Å². The zero-order valence-corrected chi connectivity index (χ0v) is 10.3. The molecule has 0 N–H and O–H groups in total. The Morgan fingerprint density at radius 1 is 1.67 bits per heavy atom. The number of fused-ring (bicyclic) bond motifs is 1. The van der Waals surface area contributed by atoms with Crippen LogP contribution in [-0.2, 0) is 5.88 Å². The predicted molar refractivity (Wildman–Crippen MR) is 63.1 cm³/mol. The average molecular weight is 262 g/mol. The van der Waals surface area contributed by atoms with E-state index >= 15 is 0 Å². The number of hydrogen-bond acceptors (Lipinski definition) is 5. The maximum Gasteiger partial charge on any atom is 0.275 e. The fraction of sp³-hybridized carbons (Fsp3) is 0.375. The molecule has 15 heavy (non-hydrogen) atoms. The van der Waals surface area contributed by atoms with Gasteiger partial charge in [-0.15, -0.1) is 16.7 Å². The van der Waals surface area contributed by atoms with Gasteiger partial charge in [-0.3, -0.25) is 4.79 Å². The molecule has 4 nitrogen and oxygen atoms in total. The molecular weight excluding hydrogens is 254 g/mol. The van der Waals surface area contributed by atoms with Gasteiger partial charge in [0.2, 0.25) is 4.96 Å². The summed E-state index contributed by atoms with van der Waals surface area (Å²) in [6.07, 6.45) is 0. The maximum absolute atomic E-state index is 11.6. The van der Waals surface area contributed by atoms with Gasteiger partial charge in [-0.2, -0.15) is 4.52 Å². The van der Waals surface area contributed by atoms with Crippen LogP contribution in [0, 0.1) is 0 Å². The van der Waals surface area contributed by atoms with E-state index in [0.717, 1.165) is 10.1 Å². The van der Waals surface area contributed by atoms with Crippen LogP contribution in [0.3, 0.4) is 0 Å². The van der Waals surface area contributed by atoms with Crippen LogP contribution in [0.25, 0.3) is 4.96 Å². The quantitative estimate of drug-likeness (QED) is 0.626. The number of hydrogen-bond donors (Lipinski definition) is 0. The Bertz CT molecular complexity index is 536. The van der Waals surface area contributed by atoms with E-state index in [4.69, 9.17) is 11.6 Å². The molecule has 0 aromatic carbocycles. The molecule has 80 valence electrons. The molecule has 0 fully saturated rings. The van der Waals surface area contributed by atoms with Crippen molar-refractivity contribution in [2.75, 3.05) is 5.75 Å². The summed E-state index contributed by atoms with van der Waals surface area (Å²) in [6, 6.07) is 1.42. The van der Waals surface area contributed by atoms with Gasteiger partial charge in [0.15, 0.2) is 4.34 Å². The van der Waals surface area contributed by atoms with E-state index in [9.17, 15) is 4.79 Å². The number of alkyl halides is 1. The van der Waals surface area contributed by atoms with Crippen molar-refractivity contribution in [3.63, 3.8) is 0 Å². The van der Waals surface area contributed by atoms with Gasteiger partial charge in [0.25, 0.3) is 5.56 Å². The Balaban J connectivity index is 2.59. The summed E-state index contributed by atoms with van der Waals surface area (Å²) in [5, 5.41) is 4.16. The lowest BCUT2D eigenvalue weighted by Gasteiger charge is -1.92. The van der Waals surface area contributed by atoms with Crippen LogP contribution in [0.15, 0.2) is 15.2 Å². The van der Waals surface area contributed by atoms with E-state index in [-0.39, 0.29) is 11.4 Å². The summed E-state index contributed by atoms with van der Waals surface area (Å²) < 4.78 is 2.17. The molecule has 2 heterocycles. The lowest BCUT2D eigenvalue weighted by Crippen LogP contribution is -2.14. The van der Waals surface area contributed by atoms with Crippen LogP contribution in [0.4, 0.5) is 0 Å². The van der Waals surface area contributed by atoms with Gasteiger partial charge >= 0.3 is 0 Å². The molecule has 0 amide bonds. The predicted octanol–water partition coefficient (Wildman–Crippen LogP) is 2.00. The molecule has 0 unspecified atom stereocenters. The van der Waals surface area contributed by atoms with E-state index in [1.807, 2.05) is 6.92 Å². The average Bonchev–Trinajstić information content (AvgIpc) is 2.61. The Morgan fingerprint density at radius 2 is 2.47 bits per heavy atom. The summed E-state index contributed by atoms with van der Waals surface area (Å²) in [6.45, 7) is 2.04. The highest BCUT2D eigenvalue weighted by Gasteiger charge is 2.07. The smallest absolute Gasteiger partial charge is 0.267 e. The molecule has 2 aromatic heterocycles. The van der Waals surface area contributed by atoms with Gasteiger partial charge in [0, 0.05) is 6.07 Å². The first-order valence-electron chi connectivity index (χ1n) is 4.33. The van der Waals surface area contributed by atoms with E-state index in [2.05, 4.69) is 10.1 Å². The molecule has 7 heteroatoms. The Morgan fingerprint density at radius 3 is 3.13 bits per heavy atom. The largest absolute Gasteiger partial charge is 0.275 e. The lowest BCUT2D eigenvalue weighted by molar-refractivity contribution is 0.849. The van der Waals surface area contributed by atoms with Crippen LogP contribution >= 0.6 is 34.7 Å². The molecule has 2 aromatic rings. The molecule has 0 spiro atoms. The SMILES string of the molecule is CCSc1nn2c(=O)cc(CCl)nc2s1. The molecule has 0 aliphatic heterocycles. The van der Waals surface area contributed by atoms with Crippen molar-refractivity contribution < 1.29 is 0 Å². The first-order valence-corrected chi connectivity index (χ1v) is 6.67. The normalized spacial score (nSPS) is 11.1. The molecule has 0 saturated carbocycles.